The van der Waals surface area contributed by atoms with E-state index < -0.39 is 23.6 Å². The lowest BCUT2D eigenvalue weighted by Gasteiger charge is -2.15. The molecule has 1 fully saturated rings. The Morgan fingerprint density at radius 1 is 0.971 bits per heavy atom. The van der Waals surface area contributed by atoms with Gasteiger partial charge in [-0.3, -0.25) is 9.59 Å². The molecule has 0 bridgehead atoms. The van der Waals surface area contributed by atoms with E-state index in [1.807, 2.05) is 0 Å². The molecule has 0 radical (unpaired) electrons. The lowest BCUT2D eigenvalue weighted by atomic mass is 10.2. The van der Waals surface area contributed by atoms with Crippen LogP contribution in [0, 0.1) is 5.82 Å². The molecule has 0 atom stereocenters. The van der Waals surface area contributed by atoms with Gasteiger partial charge in [-0.2, -0.15) is 0 Å². The monoisotopic (exact) mass is 458 g/mol. The van der Waals surface area contributed by atoms with Crippen LogP contribution in [0.4, 0.5) is 10.1 Å². The summed E-state index contributed by atoms with van der Waals surface area (Å²) in [6, 6.07) is 22.6. The molecule has 0 saturated carbocycles. The Morgan fingerprint density at radius 3 is 2.29 bits per heavy atom. The van der Waals surface area contributed by atoms with E-state index in [0.717, 1.165) is 0 Å². The molecule has 1 heterocycles. The number of hydrogen-bond acceptors (Lipinski definition) is 6. The predicted molar refractivity (Wildman–Crippen MR) is 123 cm³/mol. The van der Waals surface area contributed by atoms with Crippen molar-refractivity contribution in [1.82, 2.24) is 10.9 Å². The second-order valence-electron chi connectivity index (χ2n) is 7.16. The number of rotatable bonds is 6. The molecule has 1 aliphatic heterocycles. The van der Waals surface area contributed by atoms with Gasteiger partial charge in [-0.25, -0.2) is 19.2 Å². The SMILES string of the molecule is O=C(NCc1ccc(F)cc1)C(/C=C1\C(=O)ONN1c1ccccc1)=NC(=O)c1ccccc1. The fourth-order valence-corrected chi connectivity index (χ4v) is 3.08. The molecule has 4 rings (SSSR count). The van der Waals surface area contributed by atoms with Crippen molar-refractivity contribution in [3.05, 3.63) is 114 Å². The van der Waals surface area contributed by atoms with Crippen molar-refractivity contribution < 1.29 is 23.6 Å². The first kappa shape index (κ1) is 22.6. The number of hydrazine groups is 1. The van der Waals surface area contributed by atoms with Crippen LogP contribution in [0.1, 0.15) is 15.9 Å². The molecular weight excluding hydrogens is 439 g/mol. The Balaban J connectivity index is 1.65. The van der Waals surface area contributed by atoms with Crippen LogP contribution < -0.4 is 15.9 Å². The smallest absolute Gasteiger partial charge is 0.347 e. The standard InChI is InChI=1S/C25H19FN4O4/c26-19-13-11-17(12-14-19)16-27-24(32)21(28-23(31)18-7-3-1-4-8-18)15-22-25(33)34-29-30(22)20-9-5-2-6-10-20/h1-15,29H,16H2,(H,27,32)/b22-15+,28-21?. The number of aliphatic imine (C=N–C) groups is 1. The number of nitrogens with zero attached hydrogens (tertiary/aromatic N) is 2. The summed E-state index contributed by atoms with van der Waals surface area (Å²) in [5.74, 6) is -2.51. The number of halogens is 1. The maximum atomic E-state index is 13.2. The van der Waals surface area contributed by atoms with E-state index in [9.17, 15) is 18.8 Å². The summed E-state index contributed by atoms with van der Waals surface area (Å²) < 4.78 is 13.2. The first-order valence-electron chi connectivity index (χ1n) is 10.3. The highest BCUT2D eigenvalue weighted by atomic mass is 19.1. The molecule has 3 aromatic rings. The van der Waals surface area contributed by atoms with Gasteiger partial charge in [0.05, 0.1) is 5.69 Å². The molecule has 8 nitrogen and oxygen atoms in total. The van der Waals surface area contributed by atoms with Gasteiger partial charge in [0.25, 0.3) is 11.8 Å². The summed E-state index contributed by atoms with van der Waals surface area (Å²) in [5.41, 5.74) is 3.62. The molecule has 2 amide bonds. The molecule has 170 valence electrons. The van der Waals surface area contributed by atoms with Crippen molar-refractivity contribution in [3.63, 3.8) is 0 Å². The maximum absolute atomic E-state index is 13.2. The zero-order valence-electron chi connectivity index (χ0n) is 17.8. The van der Waals surface area contributed by atoms with Crippen LogP contribution in [0.25, 0.3) is 0 Å². The largest absolute Gasteiger partial charge is 0.376 e. The second-order valence-corrected chi connectivity index (χ2v) is 7.16. The number of benzene rings is 3. The van der Waals surface area contributed by atoms with E-state index in [2.05, 4.69) is 15.9 Å². The van der Waals surface area contributed by atoms with Crippen molar-refractivity contribution in [2.24, 2.45) is 4.99 Å². The third-order valence-electron chi connectivity index (χ3n) is 4.81. The van der Waals surface area contributed by atoms with Crippen LogP contribution in [0.3, 0.4) is 0 Å². The molecule has 9 heteroatoms. The minimum Gasteiger partial charge on any atom is -0.347 e. The first-order valence-corrected chi connectivity index (χ1v) is 10.3. The zero-order valence-corrected chi connectivity index (χ0v) is 17.8. The van der Waals surface area contributed by atoms with E-state index >= 15 is 0 Å². The molecule has 1 aliphatic rings. The Bertz CT molecular complexity index is 1260. The van der Waals surface area contributed by atoms with E-state index in [1.165, 1.54) is 35.4 Å². The number of para-hydroxylation sites is 1. The zero-order chi connectivity index (χ0) is 23.9. The summed E-state index contributed by atoms with van der Waals surface area (Å²) in [6.45, 7) is 0.0614. The van der Waals surface area contributed by atoms with Crippen LogP contribution in [0.15, 0.2) is 102 Å². The van der Waals surface area contributed by atoms with Crippen LogP contribution in [0.5, 0.6) is 0 Å². The molecule has 0 spiro atoms. The van der Waals surface area contributed by atoms with Gasteiger partial charge < -0.3 is 10.2 Å². The Morgan fingerprint density at radius 2 is 1.62 bits per heavy atom. The lowest BCUT2D eigenvalue weighted by molar-refractivity contribution is -0.140. The van der Waals surface area contributed by atoms with E-state index in [4.69, 9.17) is 4.84 Å². The summed E-state index contributed by atoms with van der Waals surface area (Å²) in [6.07, 6.45) is 1.18. The molecular formula is C25H19FN4O4. The molecule has 3 aromatic carbocycles. The average Bonchev–Trinajstić information content (AvgIpc) is 3.24. The quantitative estimate of drug-likeness (QED) is 0.435. The number of hydrogen-bond donors (Lipinski definition) is 2. The highest BCUT2D eigenvalue weighted by Crippen LogP contribution is 2.21. The Hall–Kier alpha value is -4.63. The number of carbonyl (C=O) groups excluding carboxylic acids is 3. The molecule has 1 saturated heterocycles. The number of anilines is 1. The van der Waals surface area contributed by atoms with E-state index in [0.29, 0.717) is 11.3 Å². The average molecular weight is 458 g/mol. The van der Waals surface area contributed by atoms with Crippen molar-refractivity contribution in [2.45, 2.75) is 6.54 Å². The lowest BCUT2D eigenvalue weighted by Crippen LogP contribution is -2.33. The van der Waals surface area contributed by atoms with Crippen molar-refractivity contribution in [3.8, 4) is 0 Å². The highest BCUT2D eigenvalue weighted by Gasteiger charge is 2.30. The Labute approximate surface area is 194 Å². The van der Waals surface area contributed by atoms with Gasteiger partial charge in [-0.05, 0) is 42.0 Å². The first-order chi connectivity index (χ1) is 16.5. The van der Waals surface area contributed by atoms with Crippen LogP contribution in [-0.2, 0) is 21.0 Å². The third kappa shape index (κ3) is 5.40. The van der Waals surface area contributed by atoms with Crippen molar-refractivity contribution >= 4 is 29.2 Å². The summed E-state index contributed by atoms with van der Waals surface area (Å²) >= 11 is 0. The number of amides is 2. The minimum atomic E-state index is -0.755. The topological polar surface area (TPSA) is 100 Å². The van der Waals surface area contributed by atoms with Gasteiger partial charge in [-0.15, -0.1) is 0 Å². The fraction of sp³-hybridized carbons (Fsp3) is 0.0400. The number of nitrogens with one attached hydrogen (secondary N) is 2. The second kappa shape index (κ2) is 10.3. The summed E-state index contributed by atoms with van der Waals surface area (Å²) in [4.78, 5) is 46.9. The van der Waals surface area contributed by atoms with Crippen LogP contribution in [0.2, 0.25) is 0 Å². The fourth-order valence-electron chi connectivity index (χ4n) is 3.08. The molecule has 0 aromatic heterocycles. The molecule has 2 N–H and O–H groups in total. The Kier molecular flexibility index (Phi) is 6.85. The van der Waals surface area contributed by atoms with Gasteiger partial charge in [0, 0.05) is 18.2 Å². The van der Waals surface area contributed by atoms with Gasteiger partial charge >= 0.3 is 5.97 Å². The van der Waals surface area contributed by atoms with Gasteiger partial charge in [0.2, 0.25) is 0 Å². The number of carbonyl (C=O) groups is 3. The van der Waals surface area contributed by atoms with Gasteiger partial charge in [-0.1, -0.05) is 54.1 Å². The summed E-state index contributed by atoms with van der Waals surface area (Å²) in [7, 11) is 0. The van der Waals surface area contributed by atoms with Crippen LogP contribution >= 0.6 is 0 Å². The molecule has 34 heavy (non-hydrogen) atoms. The normalized spacial score (nSPS) is 14.7. The van der Waals surface area contributed by atoms with E-state index in [1.54, 1.807) is 60.7 Å². The van der Waals surface area contributed by atoms with Crippen molar-refractivity contribution in [1.29, 1.82) is 0 Å². The van der Waals surface area contributed by atoms with Gasteiger partial charge in [0.1, 0.15) is 11.5 Å². The van der Waals surface area contributed by atoms with Crippen molar-refractivity contribution in [2.75, 3.05) is 5.01 Å². The van der Waals surface area contributed by atoms with Gasteiger partial charge in [0.15, 0.2) is 5.70 Å². The predicted octanol–water partition coefficient (Wildman–Crippen LogP) is 3.09. The third-order valence-corrected chi connectivity index (χ3v) is 4.81. The minimum absolute atomic E-state index is 0.0391. The summed E-state index contributed by atoms with van der Waals surface area (Å²) in [5, 5.41) is 3.97. The maximum Gasteiger partial charge on any atom is 0.376 e. The van der Waals surface area contributed by atoms with E-state index in [-0.39, 0.29) is 23.5 Å². The molecule has 0 aliphatic carbocycles. The highest BCUT2D eigenvalue weighted by molar-refractivity contribution is 6.45. The molecule has 0 unspecified atom stereocenters. The van der Waals surface area contributed by atoms with Crippen LogP contribution in [-0.4, -0.2) is 23.5 Å².